The minimum Gasteiger partial charge on any atom is -0.379 e. The van der Waals surface area contributed by atoms with Gasteiger partial charge in [0, 0.05) is 12.3 Å². The number of hydrogen-bond donors (Lipinski definition) is 1. The standard InChI is InChI=1S/C19H31NO3/c1-7-22-11-12-23-15(6)19(21)20-18-16(13(2)3)9-8-10-17(18)14(4)5/h8-10,13-15H,7,11-12H2,1-6H3,(H,20,21). The molecular weight excluding hydrogens is 290 g/mol. The van der Waals surface area contributed by atoms with Crippen LogP contribution in [0.25, 0.3) is 0 Å². The van der Waals surface area contributed by atoms with E-state index in [1.54, 1.807) is 6.92 Å². The molecule has 4 heteroatoms. The Labute approximate surface area is 140 Å². The van der Waals surface area contributed by atoms with Gasteiger partial charge in [0.05, 0.1) is 13.2 Å². The van der Waals surface area contributed by atoms with Gasteiger partial charge >= 0.3 is 0 Å². The maximum absolute atomic E-state index is 12.4. The maximum atomic E-state index is 12.4. The topological polar surface area (TPSA) is 47.6 Å². The molecule has 1 aromatic rings. The van der Waals surface area contributed by atoms with Crippen molar-refractivity contribution in [3.8, 4) is 0 Å². The van der Waals surface area contributed by atoms with Crippen LogP contribution in [0.1, 0.15) is 64.5 Å². The van der Waals surface area contributed by atoms with Gasteiger partial charge < -0.3 is 14.8 Å². The van der Waals surface area contributed by atoms with E-state index in [0.29, 0.717) is 31.7 Å². The second kappa shape index (κ2) is 9.68. The van der Waals surface area contributed by atoms with Crippen molar-refractivity contribution in [2.45, 2.75) is 59.5 Å². The molecule has 0 saturated carbocycles. The molecule has 0 saturated heterocycles. The lowest BCUT2D eigenvalue weighted by Gasteiger charge is -2.21. The molecule has 0 heterocycles. The van der Waals surface area contributed by atoms with Crippen LogP contribution in [0.2, 0.25) is 0 Å². The fraction of sp³-hybridized carbons (Fsp3) is 0.632. The molecule has 23 heavy (non-hydrogen) atoms. The average molecular weight is 321 g/mol. The Morgan fingerprint density at radius 1 is 1.04 bits per heavy atom. The summed E-state index contributed by atoms with van der Waals surface area (Å²) in [5.41, 5.74) is 3.25. The Bertz CT molecular complexity index is 471. The van der Waals surface area contributed by atoms with Gasteiger partial charge in [-0.25, -0.2) is 0 Å². The Hall–Kier alpha value is -1.39. The van der Waals surface area contributed by atoms with Crippen LogP contribution in [0.4, 0.5) is 5.69 Å². The molecular formula is C19H31NO3. The van der Waals surface area contributed by atoms with Crippen LogP contribution in [0.3, 0.4) is 0 Å². The molecule has 1 N–H and O–H groups in total. The zero-order valence-corrected chi connectivity index (χ0v) is 15.3. The van der Waals surface area contributed by atoms with E-state index in [0.717, 1.165) is 16.8 Å². The van der Waals surface area contributed by atoms with Crippen LogP contribution in [-0.4, -0.2) is 31.8 Å². The molecule has 1 unspecified atom stereocenters. The first-order chi connectivity index (χ1) is 10.9. The molecule has 0 aliphatic heterocycles. The van der Waals surface area contributed by atoms with E-state index in [1.807, 2.05) is 6.92 Å². The number of amides is 1. The van der Waals surface area contributed by atoms with Crippen molar-refractivity contribution >= 4 is 11.6 Å². The quantitative estimate of drug-likeness (QED) is 0.689. The van der Waals surface area contributed by atoms with Gasteiger partial charge in [-0.1, -0.05) is 45.9 Å². The van der Waals surface area contributed by atoms with Gasteiger partial charge in [-0.05, 0) is 36.8 Å². The van der Waals surface area contributed by atoms with E-state index in [2.05, 4.69) is 51.2 Å². The van der Waals surface area contributed by atoms with Crippen molar-refractivity contribution in [1.29, 1.82) is 0 Å². The van der Waals surface area contributed by atoms with Gasteiger partial charge in [-0.2, -0.15) is 0 Å². The lowest BCUT2D eigenvalue weighted by atomic mass is 9.92. The van der Waals surface area contributed by atoms with Gasteiger partial charge in [0.2, 0.25) is 0 Å². The molecule has 4 nitrogen and oxygen atoms in total. The smallest absolute Gasteiger partial charge is 0.253 e. The summed E-state index contributed by atoms with van der Waals surface area (Å²) >= 11 is 0. The van der Waals surface area contributed by atoms with E-state index >= 15 is 0 Å². The fourth-order valence-electron chi connectivity index (χ4n) is 2.42. The van der Waals surface area contributed by atoms with Crippen LogP contribution in [0.15, 0.2) is 18.2 Å². The lowest BCUT2D eigenvalue weighted by molar-refractivity contribution is -0.127. The summed E-state index contributed by atoms with van der Waals surface area (Å²) in [6.07, 6.45) is -0.504. The van der Waals surface area contributed by atoms with Crippen LogP contribution in [0, 0.1) is 0 Å². The van der Waals surface area contributed by atoms with Crippen LogP contribution >= 0.6 is 0 Å². The summed E-state index contributed by atoms with van der Waals surface area (Å²) in [5.74, 6) is 0.577. The molecule has 1 atom stereocenters. The van der Waals surface area contributed by atoms with Crippen LogP contribution in [0.5, 0.6) is 0 Å². The number of hydrogen-bond acceptors (Lipinski definition) is 3. The number of anilines is 1. The zero-order chi connectivity index (χ0) is 17.4. The molecule has 1 amide bonds. The van der Waals surface area contributed by atoms with Crippen LogP contribution < -0.4 is 5.32 Å². The molecule has 1 rings (SSSR count). The first-order valence-corrected chi connectivity index (χ1v) is 8.51. The minimum absolute atomic E-state index is 0.114. The first-order valence-electron chi connectivity index (χ1n) is 8.51. The molecule has 0 fully saturated rings. The maximum Gasteiger partial charge on any atom is 0.253 e. The van der Waals surface area contributed by atoms with E-state index in [1.165, 1.54) is 0 Å². The SMILES string of the molecule is CCOCCOC(C)C(=O)Nc1c(C(C)C)cccc1C(C)C. The summed E-state index contributed by atoms with van der Waals surface area (Å²) < 4.78 is 10.8. The third kappa shape index (κ3) is 5.96. The highest BCUT2D eigenvalue weighted by Crippen LogP contribution is 2.32. The molecule has 0 spiro atoms. The number of para-hydroxylation sites is 1. The highest BCUT2D eigenvalue weighted by Gasteiger charge is 2.19. The molecule has 130 valence electrons. The van der Waals surface area contributed by atoms with E-state index in [9.17, 15) is 4.79 Å². The predicted molar refractivity (Wildman–Crippen MR) is 95.2 cm³/mol. The van der Waals surface area contributed by atoms with Crippen molar-refractivity contribution in [2.24, 2.45) is 0 Å². The molecule has 0 radical (unpaired) electrons. The average Bonchev–Trinajstić information content (AvgIpc) is 2.50. The van der Waals surface area contributed by atoms with Gasteiger partial charge in [-0.15, -0.1) is 0 Å². The number of benzene rings is 1. The summed E-state index contributed by atoms with van der Waals surface area (Å²) in [7, 11) is 0. The predicted octanol–water partition coefficient (Wildman–Crippen LogP) is 4.31. The summed E-state index contributed by atoms with van der Waals surface area (Å²) in [6, 6.07) is 6.21. The Morgan fingerprint density at radius 2 is 1.61 bits per heavy atom. The number of carbonyl (C=O) groups is 1. The Kier molecular flexibility index (Phi) is 8.28. The summed E-state index contributed by atoms with van der Waals surface area (Å²) in [4.78, 5) is 12.4. The van der Waals surface area contributed by atoms with E-state index in [-0.39, 0.29) is 5.91 Å². The van der Waals surface area contributed by atoms with E-state index in [4.69, 9.17) is 9.47 Å². The van der Waals surface area contributed by atoms with E-state index < -0.39 is 6.10 Å². The molecule has 0 aliphatic rings. The van der Waals surface area contributed by atoms with Gasteiger partial charge in [0.15, 0.2) is 0 Å². The summed E-state index contributed by atoms with van der Waals surface area (Å²) in [6.45, 7) is 13.8. The second-order valence-corrected chi connectivity index (χ2v) is 6.32. The zero-order valence-electron chi connectivity index (χ0n) is 15.3. The fourth-order valence-corrected chi connectivity index (χ4v) is 2.42. The largest absolute Gasteiger partial charge is 0.379 e. The van der Waals surface area contributed by atoms with Crippen molar-refractivity contribution in [3.63, 3.8) is 0 Å². The second-order valence-electron chi connectivity index (χ2n) is 6.32. The molecule has 0 aromatic heterocycles. The third-order valence-electron chi connectivity index (χ3n) is 3.79. The Balaban J connectivity index is 2.83. The third-order valence-corrected chi connectivity index (χ3v) is 3.79. The number of ether oxygens (including phenoxy) is 2. The molecule has 0 aliphatic carbocycles. The van der Waals surface area contributed by atoms with Gasteiger partial charge in [-0.3, -0.25) is 4.79 Å². The normalized spacial score (nSPS) is 12.7. The molecule has 0 bridgehead atoms. The number of nitrogens with one attached hydrogen (secondary N) is 1. The first kappa shape index (κ1) is 19.7. The van der Waals surface area contributed by atoms with Crippen molar-refractivity contribution in [2.75, 3.05) is 25.1 Å². The van der Waals surface area contributed by atoms with Crippen LogP contribution in [-0.2, 0) is 14.3 Å². The monoisotopic (exact) mass is 321 g/mol. The van der Waals surface area contributed by atoms with Gasteiger partial charge in [0.25, 0.3) is 5.91 Å². The minimum atomic E-state index is -0.504. The number of carbonyl (C=O) groups excluding carboxylic acids is 1. The number of rotatable bonds is 9. The summed E-state index contributed by atoms with van der Waals surface area (Å²) in [5, 5.41) is 3.08. The molecule has 1 aromatic carbocycles. The Morgan fingerprint density at radius 3 is 2.09 bits per heavy atom. The highest BCUT2D eigenvalue weighted by molar-refractivity contribution is 5.95. The lowest BCUT2D eigenvalue weighted by Crippen LogP contribution is -2.30. The van der Waals surface area contributed by atoms with Crippen molar-refractivity contribution in [1.82, 2.24) is 0 Å². The van der Waals surface area contributed by atoms with Crippen molar-refractivity contribution in [3.05, 3.63) is 29.3 Å². The van der Waals surface area contributed by atoms with Crippen molar-refractivity contribution < 1.29 is 14.3 Å². The highest BCUT2D eigenvalue weighted by atomic mass is 16.5. The van der Waals surface area contributed by atoms with Gasteiger partial charge in [0.1, 0.15) is 6.10 Å².